The van der Waals surface area contributed by atoms with Crippen LogP contribution in [0.5, 0.6) is 0 Å². The number of aliphatic hydroxyl groups excluding tert-OH is 1. The lowest BCUT2D eigenvalue weighted by Crippen LogP contribution is -2.34. The van der Waals surface area contributed by atoms with Gasteiger partial charge >= 0.3 is 0 Å². The molecule has 0 bridgehead atoms. The van der Waals surface area contributed by atoms with Crippen molar-refractivity contribution in [1.29, 1.82) is 0 Å². The molecule has 1 aliphatic rings. The van der Waals surface area contributed by atoms with E-state index >= 15 is 0 Å². The summed E-state index contributed by atoms with van der Waals surface area (Å²) in [5.41, 5.74) is 5.86. The van der Waals surface area contributed by atoms with E-state index in [9.17, 15) is 5.11 Å². The van der Waals surface area contributed by atoms with Crippen molar-refractivity contribution in [3.05, 3.63) is 0 Å². The zero-order valence-corrected chi connectivity index (χ0v) is 10.4. The minimum Gasteiger partial charge on any atom is -0.388 e. The first-order valence-corrected chi connectivity index (χ1v) is 6.24. The molecular weight excluding hydrogens is 206 g/mol. The monoisotopic (exact) mass is 231 g/mol. The molecule has 1 rings (SSSR count). The first-order chi connectivity index (χ1) is 7.58. The van der Waals surface area contributed by atoms with Crippen molar-refractivity contribution in [3.8, 4) is 0 Å². The average molecular weight is 231 g/mol. The van der Waals surface area contributed by atoms with E-state index in [0.29, 0.717) is 13.2 Å². The van der Waals surface area contributed by atoms with Crippen molar-refractivity contribution in [2.75, 3.05) is 13.2 Å². The SMILES string of the molecule is CC(C)OCC(O)COC1CCCC(N)C1. The number of hydrogen-bond donors (Lipinski definition) is 2. The fraction of sp³-hybridized carbons (Fsp3) is 1.00. The Balaban J connectivity index is 2.08. The Morgan fingerprint density at radius 3 is 2.69 bits per heavy atom. The van der Waals surface area contributed by atoms with Crippen LogP contribution in [0.2, 0.25) is 0 Å². The lowest BCUT2D eigenvalue weighted by atomic mass is 9.93. The van der Waals surface area contributed by atoms with E-state index in [1.54, 1.807) is 0 Å². The van der Waals surface area contributed by atoms with E-state index in [2.05, 4.69) is 0 Å². The smallest absolute Gasteiger partial charge is 0.101 e. The second-order valence-electron chi connectivity index (χ2n) is 4.92. The van der Waals surface area contributed by atoms with Gasteiger partial charge in [0, 0.05) is 6.04 Å². The molecule has 4 heteroatoms. The van der Waals surface area contributed by atoms with Gasteiger partial charge in [0.15, 0.2) is 0 Å². The highest BCUT2D eigenvalue weighted by Crippen LogP contribution is 2.19. The van der Waals surface area contributed by atoms with Crippen molar-refractivity contribution in [3.63, 3.8) is 0 Å². The van der Waals surface area contributed by atoms with Crippen LogP contribution < -0.4 is 5.73 Å². The third kappa shape index (κ3) is 5.80. The summed E-state index contributed by atoms with van der Waals surface area (Å²) < 4.78 is 10.9. The Kier molecular flexibility index (Phi) is 6.28. The highest BCUT2D eigenvalue weighted by molar-refractivity contribution is 4.75. The largest absolute Gasteiger partial charge is 0.388 e. The topological polar surface area (TPSA) is 64.7 Å². The highest BCUT2D eigenvalue weighted by atomic mass is 16.5. The van der Waals surface area contributed by atoms with Gasteiger partial charge in [0.05, 0.1) is 25.4 Å². The summed E-state index contributed by atoms with van der Waals surface area (Å²) >= 11 is 0. The minimum absolute atomic E-state index is 0.151. The van der Waals surface area contributed by atoms with Crippen molar-refractivity contribution in [2.24, 2.45) is 5.73 Å². The Hall–Kier alpha value is -0.160. The number of nitrogens with two attached hydrogens (primary N) is 1. The molecular formula is C12H25NO3. The first kappa shape index (κ1) is 13.9. The number of hydrogen-bond acceptors (Lipinski definition) is 4. The zero-order chi connectivity index (χ0) is 12.0. The Morgan fingerprint density at radius 1 is 1.31 bits per heavy atom. The second-order valence-corrected chi connectivity index (χ2v) is 4.92. The normalized spacial score (nSPS) is 28.3. The van der Waals surface area contributed by atoms with Crippen LogP contribution in [0.25, 0.3) is 0 Å². The van der Waals surface area contributed by atoms with Gasteiger partial charge in [-0.05, 0) is 39.5 Å². The molecule has 0 spiro atoms. The molecule has 0 aliphatic heterocycles. The molecule has 0 amide bonds. The summed E-state index contributed by atoms with van der Waals surface area (Å²) in [6.45, 7) is 4.60. The number of aliphatic hydroxyl groups is 1. The van der Waals surface area contributed by atoms with E-state index in [-0.39, 0.29) is 18.2 Å². The van der Waals surface area contributed by atoms with Gasteiger partial charge in [0.25, 0.3) is 0 Å². The summed E-state index contributed by atoms with van der Waals surface area (Å²) in [6, 6.07) is 0.266. The Bertz CT molecular complexity index is 187. The molecule has 0 heterocycles. The molecule has 0 saturated heterocycles. The van der Waals surface area contributed by atoms with Crippen molar-refractivity contribution >= 4 is 0 Å². The molecule has 16 heavy (non-hydrogen) atoms. The van der Waals surface area contributed by atoms with E-state index in [1.165, 1.54) is 0 Å². The molecule has 96 valence electrons. The molecule has 1 saturated carbocycles. The third-order valence-corrected chi connectivity index (χ3v) is 2.81. The summed E-state index contributed by atoms with van der Waals surface area (Å²) in [5.74, 6) is 0. The number of rotatable bonds is 6. The van der Waals surface area contributed by atoms with Gasteiger partial charge in [0.2, 0.25) is 0 Å². The Labute approximate surface area is 98.1 Å². The second kappa shape index (κ2) is 7.22. The maximum absolute atomic E-state index is 9.61. The van der Waals surface area contributed by atoms with Gasteiger partial charge in [-0.1, -0.05) is 0 Å². The zero-order valence-electron chi connectivity index (χ0n) is 10.4. The lowest BCUT2D eigenvalue weighted by molar-refractivity contribution is -0.0638. The standard InChI is InChI=1S/C12H25NO3/c1-9(2)15-7-11(14)8-16-12-5-3-4-10(13)6-12/h9-12,14H,3-8,13H2,1-2H3. The summed E-state index contributed by atoms with van der Waals surface area (Å²) in [7, 11) is 0. The van der Waals surface area contributed by atoms with Crippen molar-refractivity contribution < 1.29 is 14.6 Å². The van der Waals surface area contributed by atoms with Crippen LogP contribution in [-0.4, -0.2) is 42.7 Å². The number of ether oxygens (including phenoxy) is 2. The van der Waals surface area contributed by atoms with Gasteiger partial charge in [-0.25, -0.2) is 0 Å². The van der Waals surface area contributed by atoms with Crippen molar-refractivity contribution in [1.82, 2.24) is 0 Å². The third-order valence-electron chi connectivity index (χ3n) is 2.81. The fourth-order valence-electron chi connectivity index (χ4n) is 1.93. The van der Waals surface area contributed by atoms with Gasteiger partial charge in [-0.2, -0.15) is 0 Å². The van der Waals surface area contributed by atoms with Crippen molar-refractivity contribution in [2.45, 2.75) is 63.9 Å². The maximum Gasteiger partial charge on any atom is 0.101 e. The molecule has 0 aromatic heterocycles. The van der Waals surface area contributed by atoms with Crippen LogP contribution in [0, 0.1) is 0 Å². The molecule has 1 aliphatic carbocycles. The molecule has 3 N–H and O–H groups in total. The quantitative estimate of drug-likeness (QED) is 0.717. The first-order valence-electron chi connectivity index (χ1n) is 6.24. The summed E-state index contributed by atoms with van der Waals surface area (Å²) in [6.07, 6.45) is 4.04. The molecule has 3 atom stereocenters. The van der Waals surface area contributed by atoms with E-state index in [1.807, 2.05) is 13.8 Å². The van der Waals surface area contributed by atoms with Gasteiger partial charge in [-0.15, -0.1) is 0 Å². The van der Waals surface area contributed by atoms with Gasteiger partial charge < -0.3 is 20.3 Å². The predicted octanol–water partition coefficient (Wildman–Crippen LogP) is 1.06. The summed E-state index contributed by atoms with van der Waals surface area (Å²) in [5, 5.41) is 9.61. The van der Waals surface area contributed by atoms with Crippen LogP contribution in [0.4, 0.5) is 0 Å². The van der Waals surface area contributed by atoms with Gasteiger partial charge in [-0.3, -0.25) is 0 Å². The average Bonchev–Trinajstić information content (AvgIpc) is 2.23. The molecule has 1 fully saturated rings. The van der Waals surface area contributed by atoms with Crippen LogP contribution in [-0.2, 0) is 9.47 Å². The minimum atomic E-state index is -0.527. The lowest BCUT2D eigenvalue weighted by Gasteiger charge is -2.27. The van der Waals surface area contributed by atoms with Gasteiger partial charge in [0.1, 0.15) is 6.10 Å². The van der Waals surface area contributed by atoms with Crippen LogP contribution in [0.1, 0.15) is 39.5 Å². The molecule has 0 radical (unpaired) electrons. The molecule has 4 nitrogen and oxygen atoms in total. The van der Waals surface area contributed by atoms with E-state index in [0.717, 1.165) is 25.7 Å². The fourth-order valence-corrected chi connectivity index (χ4v) is 1.93. The summed E-state index contributed by atoms with van der Waals surface area (Å²) in [4.78, 5) is 0. The van der Waals surface area contributed by atoms with E-state index < -0.39 is 6.10 Å². The molecule has 3 unspecified atom stereocenters. The molecule has 0 aromatic carbocycles. The highest BCUT2D eigenvalue weighted by Gasteiger charge is 2.20. The van der Waals surface area contributed by atoms with Crippen LogP contribution in [0.15, 0.2) is 0 Å². The van der Waals surface area contributed by atoms with Crippen LogP contribution >= 0.6 is 0 Å². The van der Waals surface area contributed by atoms with Crippen LogP contribution in [0.3, 0.4) is 0 Å². The maximum atomic E-state index is 9.61. The molecule has 0 aromatic rings. The Morgan fingerprint density at radius 2 is 2.06 bits per heavy atom. The van der Waals surface area contributed by atoms with E-state index in [4.69, 9.17) is 15.2 Å². The predicted molar refractivity (Wildman–Crippen MR) is 63.3 cm³/mol.